The molecule has 3 N–H and O–H groups in total. The minimum absolute atomic E-state index is 0.337. The van der Waals surface area contributed by atoms with Crippen LogP contribution in [0.4, 0.5) is 16.3 Å². The smallest absolute Gasteiger partial charge is 0.307 e. The fourth-order valence-electron chi connectivity index (χ4n) is 2.75. The summed E-state index contributed by atoms with van der Waals surface area (Å²) < 4.78 is 0. The summed E-state index contributed by atoms with van der Waals surface area (Å²) in [4.78, 5) is 16.0. The second-order valence-electron chi connectivity index (χ2n) is 5.59. The Balaban J connectivity index is 1.63. The average molecular weight is 320 g/mol. The minimum Gasteiger partial charge on any atom is -0.307 e. The van der Waals surface area contributed by atoms with Gasteiger partial charge in [-0.3, -0.25) is 10.4 Å². The molecule has 1 aliphatic rings. The molecule has 22 heavy (non-hydrogen) atoms. The Bertz CT molecular complexity index is 678. The van der Waals surface area contributed by atoms with E-state index in [2.05, 4.69) is 25.8 Å². The topological polar surface area (TPSA) is 82.7 Å². The van der Waals surface area contributed by atoms with Gasteiger partial charge in [0.2, 0.25) is 0 Å². The van der Waals surface area contributed by atoms with Crippen molar-refractivity contribution in [2.45, 2.75) is 38.5 Å². The molecule has 2 aromatic rings. The number of carbonyl (C=O) groups excluding carboxylic acids is 1. The van der Waals surface area contributed by atoms with Crippen LogP contribution < -0.4 is 10.6 Å². The third-order valence-corrected chi connectivity index (χ3v) is 4.16. The zero-order valence-corrected chi connectivity index (χ0v) is 13.1. The number of nitrogens with one attached hydrogen (secondary N) is 3. The first kappa shape index (κ1) is 14.8. The van der Waals surface area contributed by atoms with Crippen LogP contribution in [0, 0.1) is 6.92 Å². The van der Waals surface area contributed by atoms with Crippen LogP contribution in [-0.2, 0) is 0 Å². The van der Waals surface area contributed by atoms with E-state index in [4.69, 9.17) is 11.6 Å². The first-order chi connectivity index (χ1) is 10.6. The molecule has 0 aromatic carbocycles. The van der Waals surface area contributed by atoms with E-state index in [0.29, 0.717) is 22.6 Å². The van der Waals surface area contributed by atoms with Gasteiger partial charge >= 0.3 is 6.03 Å². The molecule has 1 aliphatic carbocycles. The van der Waals surface area contributed by atoms with Crippen LogP contribution in [0.2, 0.25) is 5.15 Å². The van der Waals surface area contributed by atoms with Crippen molar-refractivity contribution in [3.63, 3.8) is 0 Å². The highest BCUT2D eigenvalue weighted by molar-refractivity contribution is 6.29. The van der Waals surface area contributed by atoms with E-state index in [9.17, 15) is 4.79 Å². The lowest BCUT2D eigenvalue weighted by atomic mass is 10.0. The quantitative estimate of drug-likeness (QED) is 0.746. The van der Waals surface area contributed by atoms with Crippen LogP contribution in [0.1, 0.15) is 42.9 Å². The van der Waals surface area contributed by atoms with Gasteiger partial charge in [0, 0.05) is 29.6 Å². The van der Waals surface area contributed by atoms with Gasteiger partial charge < -0.3 is 5.32 Å². The summed E-state index contributed by atoms with van der Waals surface area (Å²) in [5, 5.41) is 13.0. The Hall–Kier alpha value is -2.08. The van der Waals surface area contributed by atoms with Crippen LogP contribution in [0.5, 0.6) is 0 Å². The van der Waals surface area contributed by atoms with Gasteiger partial charge in [-0.25, -0.2) is 9.78 Å². The Morgan fingerprint density at radius 3 is 2.86 bits per heavy atom. The van der Waals surface area contributed by atoms with Gasteiger partial charge in [0.25, 0.3) is 0 Å². The van der Waals surface area contributed by atoms with Crippen molar-refractivity contribution in [3.8, 4) is 0 Å². The van der Waals surface area contributed by atoms with Crippen molar-refractivity contribution >= 4 is 29.1 Å². The molecule has 7 heteroatoms. The van der Waals surface area contributed by atoms with Crippen molar-refractivity contribution in [1.29, 1.82) is 0 Å². The van der Waals surface area contributed by atoms with Crippen molar-refractivity contribution < 1.29 is 4.79 Å². The van der Waals surface area contributed by atoms with E-state index in [1.54, 1.807) is 12.3 Å². The molecule has 2 amide bonds. The molecule has 0 bridgehead atoms. The molecular formula is C15H18ClN5O. The third kappa shape index (κ3) is 3.39. The summed E-state index contributed by atoms with van der Waals surface area (Å²) >= 11 is 5.84. The monoisotopic (exact) mass is 319 g/mol. The molecule has 1 saturated carbocycles. The molecule has 116 valence electrons. The normalized spacial score (nSPS) is 15.0. The number of anilines is 2. The van der Waals surface area contributed by atoms with Crippen LogP contribution in [0.25, 0.3) is 0 Å². The first-order valence-electron chi connectivity index (χ1n) is 7.37. The number of H-pyrrole nitrogens is 1. The summed E-state index contributed by atoms with van der Waals surface area (Å²) in [7, 11) is 0. The number of hydrogen-bond acceptors (Lipinski definition) is 3. The molecule has 2 heterocycles. The third-order valence-electron chi connectivity index (χ3n) is 3.95. The van der Waals surface area contributed by atoms with E-state index in [-0.39, 0.29) is 6.03 Å². The van der Waals surface area contributed by atoms with Crippen LogP contribution in [0.3, 0.4) is 0 Å². The largest absolute Gasteiger partial charge is 0.324 e. The van der Waals surface area contributed by atoms with Crippen LogP contribution in [-0.4, -0.2) is 21.2 Å². The number of pyridine rings is 1. The lowest BCUT2D eigenvalue weighted by Crippen LogP contribution is -2.20. The Morgan fingerprint density at radius 1 is 1.32 bits per heavy atom. The predicted octanol–water partition coefficient (Wildman–Crippen LogP) is 4.07. The van der Waals surface area contributed by atoms with Gasteiger partial charge in [-0.2, -0.15) is 5.10 Å². The van der Waals surface area contributed by atoms with E-state index in [1.165, 1.54) is 25.7 Å². The predicted molar refractivity (Wildman–Crippen MR) is 86.4 cm³/mol. The highest BCUT2D eigenvalue weighted by atomic mass is 35.5. The number of aromatic amines is 1. The van der Waals surface area contributed by atoms with Crippen molar-refractivity contribution in [1.82, 2.24) is 15.2 Å². The molecule has 3 rings (SSSR count). The van der Waals surface area contributed by atoms with Gasteiger partial charge in [-0.15, -0.1) is 0 Å². The Kier molecular flexibility index (Phi) is 4.29. The number of aromatic nitrogens is 3. The maximum atomic E-state index is 12.0. The number of nitrogens with zero attached hydrogens (tertiary/aromatic N) is 2. The highest BCUT2D eigenvalue weighted by Crippen LogP contribution is 2.33. The van der Waals surface area contributed by atoms with Gasteiger partial charge in [0.1, 0.15) is 5.15 Å². The molecule has 0 atom stereocenters. The van der Waals surface area contributed by atoms with Crippen LogP contribution >= 0.6 is 11.6 Å². The number of rotatable bonds is 3. The Labute approximate surface area is 133 Å². The van der Waals surface area contributed by atoms with Gasteiger partial charge in [0.05, 0.1) is 0 Å². The molecule has 0 radical (unpaired) electrons. The number of hydrogen-bond donors (Lipinski definition) is 3. The Morgan fingerprint density at radius 2 is 2.09 bits per heavy atom. The SMILES string of the molecule is Cc1cnc(Cl)cc1NC(=O)Nc1cc(C2CCCC2)[nH]n1. The van der Waals surface area contributed by atoms with Crippen LogP contribution in [0.15, 0.2) is 18.3 Å². The summed E-state index contributed by atoms with van der Waals surface area (Å²) in [6.45, 7) is 1.85. The van der Waals surface area contributed by atoms with Gasteiger partial charge in [0.15, 0.2) is 5.82 Å². The minimum atomic E-state index is -0.352. The second kappa shape index (κ2) is 6.36. The van der Waals surface area contributed by atoms with E-state index >= 15 is 0 Å². The maximum absolute atomic E-state index is 12.0. The average Bonchev–Trinajstić information content (AvgIpc) is 3.13. The van der Waals surface area contributed by atoms with Gasteiger partial charge in [-0.05, 0) is 31.4 Å². The molecule has 0 unspecified atom stereocenters. The number of amides is 2. The van der Waals surface area contributed by atoms with E-state index < -0.39 is 0 Å². The number of urea groups is 1. The zero-order chi connectivity index (χ0) is 15.5. The van der Waals surface area contributed by atoms with Crippen molar-refractivity contribution in [2.75, 3.05) is 10.6 Å². The molecule has 0 spiro atoms. The summed E-state index contributed by atoms with van der Waals surface area (Å²) in [6, 6.07) is 3.17. The number of aryl methyl sites for hydroxylation is 1. The first-order valence-corrected chi connectivity index (χ1v) is 7.75. The molecule has 1 fully saturated rings. The molecular weight excluding hydrogens is 302 g/mol. The fourth-order valence-corrected chi connectivity index (χ4v) is 2.91. The highest BCUT2D eigenvalue weighted by Gasteiger charge is 2.19. The molecule has 2 aromatic heterocycles. The molecule has 6 nitrogen and oxygen atoms in total. The number of carbonyl (C=O) groups is 1. The van der Waals surface area contributed by atoms with Crippen molar-refractivity contribution in [2.24, 2.45) is 0 Å². The van der Waals surface area contributed by atoms with E-state index in [1.807, 2.05) is 13.0 Å². The second-order valence-corrected chi connectivity index (χ2v) is 5.98. The fraction of sp³-hybridized carbons (Fsp3) is 0.400. The zero-order valence-electron chi connectivity index (χ0n) is 12.3. The standard InChI is InChI=1S/C15H18ClN5O/c1-9-8-17-13(16)6-11(9)18-15(22)19-14-7-12(20-21-14)10-4-2-3-5-10/h6-8,10H,2-5H2,1H3,(H3,17,18,19,20,21,22). The number of halogens is 1. The maximum Gasteiger partial charge on any atom is 0.324 e. The van der Waals surface area contributed by atoms with Crippen molar-refractivity contribution in [3.05, 3.63) is 34.7 Å². The summed E-state index contributed by atoms with van der Waals surface area (Å²) in [5.74, 6) is 1.06. The lowest BCUT2D eigenvalue weighted by Gasteiger charge is -2.08. The molecule has 0 aliphatic heterocycles. The van der Waals surface area contributed by atoms with E-state index in [0.717, 1.165) is 11.3 Å². The van der Waals surface area contributed by atoms with Gasteiger partial charge in [-0.1, -0.05) is 24.4 Å². The molecule has 0 saturated heterocycles. The summed E-state index contributed by atoms with van der Waals surface area (Å²) in [6.07, 6.45) is 6.50. The summed E-state index contributed by atoms with van der Waals surface area (Å²) in [5.41, 5.74) is 2.56. The lowest BCUT2D eigenvalue weighted by molar-refractivity contribution is 0.262.